The Morgan fingerprint density at radius 3 is 2.21 bits per heavy atom. The highest BCUT2D eigenvalue weighted by molar-refractivity contribution is 5.62. The summed E-state index contributed by atoms with van der Waals surface area (Å²) in [6, 6.07) is 21.0. The molecule has 0 radical (unpaired) electrons. The van der Waals surface area contributed by atoms with Gasteiger partial charge in [0.05, 0.1) is 0 Å². The summed E-state index contributed by atoms with van der Waals surface area (Å²) >= 11 is 0. The predicted octanol–water partition coefficient (Wildman–Crippen LogP) is 4.31. The van der Waals surface area contributed by atoms with Crippen molar-refractivity contribution in [1.82, 2.24) is 9.80 Å². The van der Waals surface area contributed by atoms with Crippen LogP contribution in [0.4, 0.5) is 0 Å². The van der Waals surface area contributed by atoms with Crippen LogP contribution in [-0.4, -0.2) is 35.0 Å². The van der Waals surface area contributed by atoms with Gasteiger partial charge in [0.1, 0.15) is 0 Å². The number of aryl methyl sites for hydroxylation is 1. The third kappa shape index (κ3) is 2.99. The van der Waals surface area contributed by atoms with E-state index in [0.29, 0.717) is 12.1 Å². The largest absolute Gasteiger partial charge is 0.368 e. The zero-order chi connectivity index (χ0) is 16.5. The van der Waals surface area contributed by atoms with Crippen LogP contribution in [0.2, 0.25) is 0 Å². The van der Waals surface area contributed by atoms with Gasteiger partial charge in [0, 0.05) is 37.4 Å². The number of hydrogen-bond donors (Lipinski definition) is 0. The van der Waals surface area contributed by atoms with Gasteiger partial charge in [-0.15, -0.1) is 0 Å². The van der Waals surface area contributed by atoms with Gasteiger partial charge in [0.25, 0.3) is 0 Å². The fraction of sp³-hybridized carbons (Fsp3) is 0.364. The van der Waals surface area contributed by atoms with Crippen molar-refractivity contribution in [2.45, 2.75) is 38.4 Å². The molecule has 2 atom stereocenters. The molecule has 2 aromatic carbocycles. The molecule has 2 fully saturated rings. The lowest BCUT2D eigenvalue weighted by Crippen LogP contribution is -2.52. The van der Waals surface area contributed by atoms with E-state index in [4.69, 9.17) is 0 Å². The average molecular weight is 318 g/mol. The molecule has 2 heterocycles. The molecular weight excluding hydrogens is 292 g/mol. The minimum absolute atomic E-state index is 0.658. The van der Waals surface area contributed by atoms with Crippen LogP contribution in [0.15, 0.2) is 61.2 Å². The maximum absolute atomic E-state index is 4.39. The summed E-state index contributed by atoms with van der Waals surface area (Å²) in [7, 11) is 0. The lowest BCUT2D eigenvalue weighted by atomic mass is 10.1. The van der Waals surface area contributed by atoms with Crippen LogP contribution in [0.1, 0.15) is 29.5 Å². The van der Waals surface area contributed by atoms with Gasteiger partial charge in [0.15, 0.2) is 0 Å². The Morgan fingerprint density at radius 2 is 1.58 bits per heavy atom. The van der Waals surface area contributed by atoms with Crippen LogP contribution < -0.4 is 0 Å². The van der Waals surface area contributed by atoms with E-state index < -0.39 is 0 Å². The summed E-state index contributed by atoms with van der Waals surface area (Å²) in [4.78, 5) is 5.22. The lowest BCUT2D eigenvalue weighted by Gasteiger charge is -2.43. The topological polar surface area (TPSA) is 6.48 Å². The van der Waals surface area contributed by atoms with E-state index in [1.54, 1.807) is 0 Å². The SMILES string of the molecule is C=C(c1ccc(C)cc1)N1CC2CCC(C1)N2Cc1ccccc1. The van der Waals surface area contributed by atoms with E-state index >= 15 is 0 Å². The number of hydrogen-bond acceptors (Lipinski definition) is 2. The van der Waals surface area contributed by atoms with Crippen molar-refractivity contribution in [3.05, 3.63) is 77.9 Å². The summed E-state index contributed by atoms with van der Waals surface area (Å²) in [5.41, 5.74) is 5.18. The van der Waals surface area contributed by atoms with Gasteiger partial charge in [-0.05, 0) is 30.9 Å². The van der Waals surface area contributed by atoms with Crippen LogP contribution in [-0.2, 0) is 6.54 Å². The van der Waals surface area contributed by atoms with Crippen LogP contribution >= 0.6 is 0 Å². The number of rotatable bonds is 4. The minimum Gasteiger partial charge on any atom is -0.368 e. The van der Waals surface area contributed by atoms with E-state index in [-0.39, 0.29) is 0 Å². The Balaban J connectivity index is 1.46. The fourth-order valence-electron chi connectivity index (χ4n) is 4.19. The summed E-state index contributed by atoms with van der Waals surface area (Å²) < 4.78 is 0. The molecule has 124 valence electrons. The monoisotopic (exact) mass is 318 g/mol. The van der Waals surface area contributed by atoms with Crippen LogP contribution in [0.3, 0.4) is 0 Å². The third-order valence-corrected chi connectivity index (χ3v) is 5.61. The maximum Gasteiger partial charge on any atom is 0.0367 e. The molecule has 2 aromatic rings. The van der Waals surface area contributed by atoms with Crippen molar-refractivity contribution in [2.75, 3.05) is 13.1 Å². The highest BCUT2D eigenvalue weighted by Crippen LogP contribution is 2.34. The second-order valence-electron chi connectivity index (χ2n) is 7.26. The molecule has 0 saturated carbocycles. The molecule has 2 nitrogen and oxygen atoms in total. The first-order chi connectivity index (χ1) is 11.7. The number of benzene rings is 2. The Kier molecular flexibility index (Phi) is 4.15. The van der Waals surface area contributed by atoms with E-state index in [0.717, 1.165) is 19.6 Å². The van der Waals surface area contributed by atoms with Crippen molar-refractivity contribution < 1.29 is 0 Å². The highest BCUT2D eigenvalue weighted by atomic mass is 15.3. The Bertz CT molecular complexity index is 691. The minimum atomic E-state index is 0.658. The van der Waals surface area contributed by atoms with Gasteiger partial charge in [-0.1, -0.05) is 66.7 Å². The summed E-state index contributed by atoms with van der Waals surface area (Å²) in [5.74, 6) is 0. The Hall–Kier alpha value is -2.06. The first-order valence-electron chi connectivity index (χ1n) is 9.01. The second kappa shape index (κ2) is 6.45. The molecule has 2 heteroatoms. The van der Waals surface area contributed by atoms with Crippen LogP contribution in [0.5, 0.6) is 0 Å². The zero-order valence-electron chi connectivity index (χ0n) is 14.5. The van der Waals surface area contributed by atoms with E-state index in [2.05, 4.69) is 77.9 Å². The van der Waals surface area contributed by atoms with E-state index in [1.807, 2.05) is 0 Å². The van der Waals surface area contributed by atoms with Gasteiger partial charge in [0.2, 0.25) is 0 Å². The number of piperazine rings is 1. The molecule has 0 aliphatic carbocycles. The average Bonchev–Trinajstić information content (AvgIpc) is 2.84. The molecular formula is C22H26N2. The molecule has 2 saturated heterocycles. The molecule has 4 rings (SSSR count). The van der Waals surface area contributed by atoms with Crippen molar-refractivity contribution in [2.24, 2.45) is 0 Å². The third-order valence-electron chi connectivity index (χ3n) is 5.61. The summed E-state index contributed by atoms with van der Waals surface area (Å²) in [6.07, 6.45) is 2.63. The van der Waals surface area contributed by atoms with Crippen LogP contribution in [0, 0.1) is 6.92 Å². The molecule has 2 aliphatic rings. The lowest BCUT2D eigenvalue weighted by molar-refractivity contribution is 0.0923. The summed E-state index contributed by atoms with van der Waals surface area (Å²) in [5, 5.41) is 0. The maximum atomic E-state index is 4.39. The van der Waals surface area contributed by atoms with Gasteiger partial charge < -0.3 is 4.90 Å². The molecule has 2 unspecified atom stereocenters. The normalized spacial score (nSPS) is 23.5. The predicted molar refractivity (Wildman–Crippen MR) is 101 cm³/mol. The smallest absolute Gasteiger partial charge is 0.0367 e. The second-order valence-corrected chi connectivity index (χ2v) is 7.26. The molecule has 0 N–H and O–H groups in total. The molecule has 0 spiro atoms. The first kappa shape index (κ1) is 15.5. The van der Waals surface area contributed by atoms with Gasteiger partial charge in [-0.2, -0.15) is 0 Å². The van der Waals surface area contributed by atoms with Gasteiger partial charge in [-0.25, -0.2) is 0 Å². The standard InChI is InChI=1S/C22H26N2/c1-17-8-10-20(11-9-17)18(2)23-15-21-12-13-22(16-23)24(21)14-19-6-4-3-5-7-19/h3-11,21-22H,2,12-16H2,1H3. The number of likely N-dealkylation sites (tertiary alicyclic amines) is 1. The molecule has 2 aliphatic heterocycles. The zero-order valence-corrected chi connectivity index (χ0v) is 14.5. The number of fused-ring (bicyclic) bond motifs is 2. The van der Waals surface area contributed by atoms with E-state index in [9.17, 15) is 0 Å². The summed E-state index contributed by atoms with van der Waals surface area (Å²) in [6.45, 7) is 9.82. The Labute approximate surface area is 145 Å². The van der Waals surface area contributed by atoms with Crippen molar-refractivity contribution in [1.29, 1.82) is 0 Å². The number of nitrogens with zero attached hydrogens (tertiary/aromatic N) is 2. The van der Waals surface area contributed by atoms with Gasteiger partial charge >= 0.3 is 0 Å². The fourth-order valence-corrected chi connectivity index (χ4v) is 4.19. The first-order valence-corrected chi connectivity index (χ1v) is 9.01. The highest BCUT2D eigenvalue weighted by Gasteiger charge is 2.40. The van der Waals surface area contributed by atoms with Crippen LogP contribution in [0.25, 0.3) is 5.70 Å². The quantitative estimate of drug-likeness (QED) is 0.828. The van der Waals surface area contributed by atoms with Crippen molar-refractivity contribution in [3.8, 4) is 0 Å². The van der Waals surface area contributed by atoms with E-state index in [1.165, 1.54) is 35.2 Å². The molecule has 24 heavy (non-hydrogen) atoms. The Morgan fingerprint density at radius 1 is 0.958 bits per heavy atom. The van der Waals surface area contributed by atoms with Crippen molar-refractivity contribution >= 4 is 5.70 Å². The molecule has 2 bridgehead atoms. The van der Waals surface area contributed by atoms with Crippen molar-refractivity contribution in [3.63, 3.8) is 0 Å². The molecule has 0 amide bonds. The molecule has 0 aromatic heterocycles. The van der Waals surface area contributed by atoms with Gasteiger partial charge in [-0.3, -0.25) is 4.90 Å².